The van der Waals surface area contributed by atoms with E-state index in [0.29, 0.717) is 17.1 Å². The summed E-state index contributed by atoms with van der Waals surface area (Å²) in [6, 6.07) is 13.7. The van der Waals surface area contributed by atoms with E-state index in [0.717, 1.165) is 5.56 Å². The molecule has 3 aromatic rings. The molecule has 0 atom stereocenters. The fourth-order valence-electron chi connectivity index (χ4n) is 2.48. The van der Waals surface area contributed by atoms with Crippen molar-refractivity contribution in [3.8, 4) is 5.75 Å². The number of nitrogens with zero attached hydrogens (tertiary/aromatic N) is 1. The lowest BCUT2D eigenvalue weighted by molar-refractivity contribution is -0.384. The molecule has 0 aliphatic heterocycles. The predicted octanol–water partition coefficient (Wildman–Crippen LogP) is 3.77. The quantitative estimate of drug-likeness (QED) is 0.464. The van der Waals surface area contributed by atoms with Crippen LogP contribution in [0.25, 0.3) is 0 Å². The van der Waals surface area contributed by atoms with Gasteiger partial charge in [-0.3, -0.25) is 19.7 Å². The number of nitro benzene ring substituents is 1. The number of aryl methyl sites for hydroxylation is 1. The Labute approximate surface area is 165 Å². The van der Waals surface area contributed by atoms with Gasteiger partial charge in [0, 0.05) is 23.5 Å². The molecule has 0 radical (unpaired) electrons. The number of amides is 2. The zero-order valence-corrected chi connectivity index (χ0v) is 15.4. The summed E-state index contributed by atoms with van der Waals surface area (Å²) in [4.78, 5) is 34.2. The Morgan fingerprint density at radius 1 is 1.10 bits per heavy atom. The first-order chi connectivity index (χ1) is 13.9. The average Bonchev–Trinajstić information content (AvgIpc) is 3.24. The molecule has 0 spiro atoms. The molecule has 148 valence electrons. The number of rotatable bonds is 7. The minimum Gasteiger partial charge on any atom is -0.484 e. The van der Waals surface area contributed by atoms with E-state index in [1.54, 1.807) is 37.3 Å². The number of furan rings is 1. The number of benzene rings is 2. The van der Waals surface area contributed by atoms with Crippen LogP contribution in [0.15, 0.2) is 65.3 Å². The number of nitrogens with one attached hydrogen (secondary N) is 2. The van der Waals surface area contributed by atoms with Crippen LogP contribution in [0.4, 0.5) is 17.1 Å². The summed E-state index contributed by atoms with van der Waals surface area (Å²) in [6.07, 6.45) is 1.42. The van der Waals surface area contributed by atoms with Crippen LogP contribution in [0.3, 0.4) is 0 Å². The molecule has 3 rings (SSSR count). The molecule has 1 aromatic heterocycles. The molecule has 0 aliphatic carbocycles. The van der Waals surface area contributed by atoms with Crippen LogP contribution in [0, 0.1) is 17.0 Å². The minimum absolute atomic E-state index is 0.0588. The summed E-state index contributed by atoms with van der Waals surface area (Å²) in [5.41, 5.74) is 1.82. The van der Waals surface area contributed by atoms with Crippen LogP contribution in [-0.4, -0.2) is 23.3 Å². The van der Waals surface area contributed by atoms with Crippen LogP contribution in [0.2, 0.25) is 0 Å². The molecule has 9 heteroatoms. The first-order valence-electron chi connectivity index (χ1n) is 8.55. The van der Waals surface area contributed by atoms with Crippen LogP contribution in [0.5, 0.6) is 5.75 Å². The van der Waals surface area contributed by atoms with E-state index >= 15 is 0 Å². The van der Waals surface area contributed by atoms with Gasteiger partial charge in [-0.15, -0.1) is 0 Å². The van der Waals surface area contributed by atoms with Crippen molar-refractivity contribution in [3.63, 3.8) is 0 Å². The van der Waals surface area contributed by atoms with Gasteiger partial charge in [-0.05, 0) is 55.0 Å². The van der Waals surface area contributed by atoms with E-state index in [1.165, 1.54) is 30.5 Å². The van der Waals surface area contributed by atoms with Gasteiger partial charge in [0.25, 0.3) is 17.5 Å². The molecule has 0 aliphatic rings. The Morgan fingerprint density at radius 3 is 2.48 bits per heavy atom. The number of non-ortho nitro benzene ring substituents is 1. The van der Waals surface area contributed by atoms with Gasteiger partial charge in [-0.25, -0.2) is 0 Å². The maximum absolute atomic E-state index is 12.1. The summed E-state index contributed by atoms with van der Waals surface area (Å²) in [6.45, 7) is 1.54. The lowest BCUT2D eigenvalue weighted by atomic mass is 10.1. The molecule has 0 unspecified atom stereocenters. The second-order valence-corrected chi connectivity index (χ2v) is 6.05. The molecule has 9 nitrogen and oxygen atoms in total. The van der Waals surface area contributed by atoms with E-state index in [1.807, 2.05) is 0 Å². The highest BCUT2D eigenvalue weighted by molar-refractivity contribution is 6.03. The fourth-order valence-corrected chi connectivity index (χ4v) is 2.48. The monoisotopic (exact) mass is 395 g/mol. The van der Waals surface area contributed by atoms with Crippen molar-refractivity contribution in [2.45, 2.75) is 6.92 Å². The summed E-state index contributed by atoms with van der Waals surface area (Å²) >= 11 is 0. The normalized spacial score (nSPS) is 10.2. The van der Waals surface area contributed by atoms with Crippen LogP contribution >= 0.6 is 0 Å². The average molecular weight is 395 g/mol. The zero-order valence-electron chi connectivity index (χ0n) is 15.4. The summed E-state index contributed by atoms with van der Waals surface area (Å²) < 4.78 is 10.4. The maximum Gasteiger partial charge on any atom is 0.291 e. The Hall–Kier alpha value is -4.14. The number of carbonyl (C=O) groups is 2. The third-order valence-corrected chi connectivity index (χ3v) is 3.92. The summed E-state index contributed by atoms with van der Waals surface area (Å²) in [5.74, 6) is -0.218. The number of hydrogen-bond donors (Lipinski definition) is 2. The highest BCUT2D eigenvalue weighted by Gasteiger charge is 2.11. The maximum atomic E-state index is 12.1. The van der Waals surface area contributed by atoms with E-state index in [9.17, 15) is 19.7 Å². The van der Waals surface area contributed by atoms with Crippen molar-refractivity contribution < 1.29 is 23.7 Å². The molecule has 0 bridgehead atoms. The van der Waals surface area contributed by atoms with Crippen LogP contribution < -0.4 is 15.4 Å². The number of ether oxygens (including phenoxy) is 1. The first-order valence-corrected chi connectivity index (χ1v) is 8.55. The van der Waals surface area contributed by atoms with Crippen molar-refractivity contribution in [1.82, 2.24) is 0 Å². The van der Waals surface area contributed by atoms with Crippen molar-refractivity contribution in [1.29, 1.82) is 0 Å². The van der Waals surface area contributed by atoms with Crippen molar-refractivity contribution in [2.75, 3.05) is 17.2 Å². The molecule has 0 saturated heterocycles. The molecule has 1 heterocycles. The number of nitro groups is 1. The van der Waals surface area contributed by atoms with Gasteiger partial charge in [-0.2, -0.15) is 0 Å². The lowest BCUT2D eigenvalue weighted by Crippen LogP contribution is -2.20. The number of carbonyl (C=O) groups excluding carboxylic acids is 2. The third-order valence-electron chi connectivity index (χ3n) is 3.92. The van der Waals surface area contributed by atoms with Crippen LogP contribution in [-0.2, 0) is 4.79 Å². The van der Waals surface area contributed by atoms with Gasteiger partial charge in [0.15, 0.2) is 12.4 Å². The molecular formula is C20H17N3O6. The van der Waals surface area contributed by atoms with E-state index in [2.05, 4.69) is 10.6 Å². The third kappa shape index (κ3) is 5.19. The van der Waals surface area contributed by atoms with Gasteiger partial charge >= 0.3 is 0 Å². The van der Waals surface area contributed by atoms with Crippen molar-refractivity contribution in [3.05, 3.63) is 82.3 Å². The topological polar surface area (TPSA) is 124 Å². The van der Waals surface area contributed by atoms with Gasteiger partial charge in [0.2, 0.25) is 0 Å². The predicted molar refractivity (Wildman–Crippen MR) is 105 cm³/mol. The van der Waals surface area contributed by atoms with E-state index in [-0.39, 0.29) is 24.0 Å². The van der Waals surface area contributed by atoms with E-state index in [4.69, 9.17) is 9.15 Å². The Bertz CT molecular complexity index is 1030. The highest BCUT2D eigenvalue weighted by atomic mass is 16.6. The molecule has 0 fully saturated rings. The van der Waals surface area contributed by atoms with Gasteiger partial charge < -0.3 is 19.8 Å². The summed E-state index contributed by atoms with van der Waals surface area (Å²) in [5, 5.41) is 16.0. The second-order valence-electron chi connectivity index (χ2n) is 6.05. The Kier molecular flexibility index (Phi) is 5.88. The first kappa shape index (κ1) is 19.6. The lowest BCUT2D eigenvalue weighted by Gasteiger charge is -2.11. The standard InChI is InChI=1S/C20H17N3O6/c1-13-11-14(4-9-17(13)22-20(25)18-3-2-10-28-18)21-19(24)12-29-16-7-5-15(6-8-16)23(26)27/h2-11H,12H2,1H3,(H,21,24)(H,22,25). The fraction of sp³-hybridized carbons (Fsp3) is 0.100. The van der Waals surface area contributed by atoms with Gasteiger partial charge in [0.1, 0.15) is 5.75 Å². The van der Waals surface area contributed by atoms with Gasteiger partial charge in [-0.1, -0.05) is 0 Å². The molecular weight excluding hydrogens is 378 g/mol. The van der Waals surface area contributed by atoms with Crippen molar-refractivity contribution in [2.24, 2.45) is 0 Å². The highest BCUT2D eigenvalue weighted by Crippen LogP contribution is 2.21. The molecule has 2 N–H and O–H groups in total. The molecule has 0 saturated carbocycles. The summed E-state index contributed by atoms with van der Waals surface area (Å²) in [7, 11) is 0. The minimum atomic E-state index is -0.514. The largest absolute Gasteiger partial charge is 0.484 e. The molecule has 29 heavy (non-hydrogen) atoms. The Balaban J connectivity index is 1.54. The van der Waals surface area contributed by atoms with Crippen LogP contribution in [0.1, 0.15) is 16.1 Å². The van der Waals surface area contributed by atoms with E-state index < -0.39 is 10.8 Å². The Morgan fingerprint density at radius 2 is 1.86 bits per heavy atom. The molecule has 2 aromatic carbocycles. The molecule has 2 amide bonds. The van der Waals surface area contributed by atoms with Gasteiger partial charge in [0.05, 0.1) is 11.2 Å². The van der Waals surface area contributed by atoms with Crippen molar-refractivity contribution >= 4 is 28.9 Å². The SMILES string of the molecule is Cc1cc(NC(=O)COc2ccc([N+](=O)[O-])cc2)ccc1NC(=O)c1ccco1. The number of hydrogen-bond acceptors (Lipinski definition) is 6. The smallest absolute Gasteiger partial charge is 0.291 e. The zero-order chi connectivity index (χ0) is 20.8. The second kappa shape index (κ2) is 8.70. The number of anilines is 2.